The van der Waals surface area contributed by atoms with Crippen LogP contribution in [0.5, 0.6) is 0 Å². The van der Waals surface area contributed by atoms with Crippen LogP contribution in [0.4, 0.5) is 0 Å². The van der Waals surface area contributed by atoms with Gasteiger partial charge in [-0.1, -0.05) is 55.0 Å². The quantitative estimate of drug-likeness (QED) is 0.603. The third-order valence-corrected chi connectivity index (χ3v) is 5.53. The first-order valence-electron chi connectivity index (χ1n) is 9.81. The molecule has 0 saturated carbocycles. The SMILES string of the molecule is CCCNC(=O)[C@H](C)N(Cc1ccccc1)C(=O)CCSc1ccc(C)cc1. The van der Waals surface area contributed by atoms with Crippen molar-refractivity contribution in [2.75, 3.05) is 12.3 Å². The Bertz CT molecular complexity index is 747. The number of amides is 2. The fourth-order valence-corrected chi connectivity index (χ4v) is 3.63. The summed E-state index contributed by atoms with van der Waals surface area (Å²) in [5, 5.41) is 2.90. The van der Waals surface area contributed by atoms with Crippen LogP contribution in [-0.2, 0) is 16.1 Å². The van der Waals surface area contributed by atoms with Crippen LogP contribution in [0.1, 0.15) is 37.8 Å². The van der Waals surface area contributed by atoms with Crippen LogP contribution < -0.4 is 5.32 Å². The molecule has 2 aromatic rings. The summed E-state index contributed by atoms with van der Waals surface area (Å²) in [5.74, 6) is 0.594. The lowest BCUT2D eigenvalue weighted by molar-refractivity contribution is -0.140. The van der Waals surface area contributed by atoms with Crippen molar-refractivity contribution in [3.63, 3.8) is 0 Å². The highest BCUT2D eigenvalue weighted by atomic mass is 32.2. The molecule has 0 aromatic heterocycles. The Morgan fingerprint density at radius 3 is 2.39 bits per heavy atom. The molecule has 0 radical (unpaired) electrons. The highest BCUT2D eigenvalue weighted by molar-refractivity contribution is 7.99. The number of carbonyl (C=O) groups excluding carboxylic acids is 2. The first-order chi connectivity index (χ1) is 13.5. The number of benzene rings is 2. The molecule has 0 heterocycles. The van der Waals surface area contributed by atoms with Crippen molar-refractivity contribution in [3.8, 4) is 0 Å². The molecule has 2 rings (SSSR count). The van der Waals surface area contributed by atoms with E-state index >= 15 is 0 Å². The summed E-state index contributed by atoms with van der Waals surface area (Å²) in [6.45, 7) is 6.94. The number of nitrogens with zero attached hydrogens (tertiary/aromatic N) is 1. The molecule has 0 aliphatic rings. The van der Waals surface area contributed by atoms with Crippen molar-refractivity contribution >= 4 is 23.6 Å². The monoisotopic (exact) mass is 398 g/mol. The molecule has 4 nitrogen and oxygen atoms in total. The molecule has 5 heteroatoms. The zero-order valence-corrected chi connectivity index (χ0v) is 17.8. The predicted octanol–water partition coefficient (Wildman–Crippen LogP) is 4.42. The van der Waals surface area contributed by atoms with Gasteiger partial charge >= 0.3 is 0 Å². The maximum Gasteiger partial charge on any atom is 0.242 e. The largest absolute Gasteiger partial charge is 0.354 e. The highest BCUT2D eigenvalue weighted by Gasteiger charge is 2.25. The van der Waals surface area contributed by atoms with Gasteiger partial charge in [-0.25, -0.2) is 0 Å². The van der Waals surface area contributed by atoms with E-state index < -0.39 is 6.04 Å². The van der Waals surface area contributed by atoms with E-state index in [1.54, 1.807) is 23.6 Å². The van der Waals surface area contributed by atoms with E-state index in [1.807, 2.05) is 37.3 Å². The van der Waals surface area contributed by atoms with E-state index in [-0.39, 0.29) is 11.8 Å². The topological polar surface area (TPSA) is 49.4 Å². The van der Waals surface area contributed by atoms with Gasteiger partial charge < -0.3 is 10.2 Å². The lowest BCUT2D eigenvalue weighted by Gasteiger charge is -2.29. The van der Waals surface area contributed by atoms with Crippen molar-refractivity contribution in [1.82, 2.24) is 10.2 Å². The van der Waals surface area contributed by atoms with Gasteiger partial charge in [0.1, 0.15) is 6.04 Å². The third kappa shape index (κ3) is 7.04. The van der Waals surface area contributed by atoms with Gasteiger partial charge in [0, 0.05) is 30.2 Å². The molecule has 0 fully saturated rings. The molecule has 1 atom stereocenters. The van der Waals surface area contributed by atoms with E-state index in [9.17, 15) is 9.59 Å². The minimum absolute atomic E-state index is 0.00242. The molecular weight excluding hydrogens is 368 g/mol. The van der Waals surface area contributed by atoms with Crippen molar-refractivity contribution in [2.24, 2.45) is 0 Å². The fraction of sp³-hybridized carbons (Fsp3) is 0.391. The van der Waals surface area contributed by atoms with Gasteiger partial charge in [0.15, 0.2) is 0 Å². The Labute approximate surface area is 172 Å². The average molecular weight is 399 g/mol. The maximum atomic E-state index is 12.9. The smallest absolute Gasteiger partial charge is 0.242 e. The van der Waals surface area contributed by atoms with Crippen LogP contribution in [0.25, 0.3) is 0 Å². The third-order valence-electron chi connectivity index (χ3n) is 4.52. The Morgan fingerprint density at radius 1 is 1.07 bits per heavy atom. The van der Waals surface area contributed by atoms with E-state index in [4.69, 9.17) is 0 Å². The Morgan fingerprint density at radius 2 is 1.75 bits per heavy atom. The van der Waals surface area contributed by atoms with Gasteiger partial charge in [0.05, 0.1) is 0 Å². The van der Waals surface area contributed by atoms with Crippen LogP contribution in [0.3, 0.4) is 0 Å². The summed E-state index contributed by atoms with van der Waals surface area (Å²) in [6, 6.07) is 17.6. The van der Waals surface area contributed by atoms with Gasteiger partial charge in [-0.3, -0.25) is 9.59 Å². The number of thioether (sulfide) groups is 1. The maximum absolute atomic E-state index is 12.9. The molecule has 0 unspecified atom stereocenters. The number of aryl methyl sites for hydroxylation is 1. The molecule has 2 amide bonds. The normalized spacial score (nSPS) is 11.7. The Balaban J connectivity index is 2.00. The van der Waals surface area contributed by atoms with Crippen molar-refractivity contribution in [2.45, 2.75) is 51.1 Å². The number of nitrogens with one attached hydrogen (secondary N) is 1. The Kier molecular flexibility index (Phi) is 9.08. The minimum Gasteiger partial charge on any atom is -0.354 e. The van der Waals surface area contributed by atoms with E-state index in [0.29, 0.717) is 25.3 Å². The van der Waals surface area contributed by atoms with Crippen LogP contribution in [0.2, 0.25) is 0 Å². The minimum atomic E-state index is -0.497. The van der Waals surface area contributed by atoms with E-state index in [1.165, 1.54) is 5.56 Å². The summed E-state index contributed by atoms with van der Waals surface area (Å²) in [4.78, 5) is 28.2. The second-order valence-electron chi connectivity index (χ2n) is 6.89. The number of hydrogen-bond acceptors (Lipinski definition) is 3. The van der Waals surface area contributed by atoms with Crippen LogP contribution in [-0.4, -0.2) is 35.1 Å². The summed E-state index contributed by atoms with van der Waals surface area (Å²) in [7, 11) is 0. The zero-order valence-electron chi connectivity index (χ0n) is 17.0. The van der Waals surface area contributed by atoms with Gasteiger partial charge in [0.25, 0.3) is 0 Å². The molecular formula is C23H30N2O2S. The molecule has 28 heavy (non-hydrogen) atoms. The molecule has 1 N–H and O–H groups in total. The second kappa shape index (κ2) is 11.5. The van der Waals surface area contributed by atoms with Gasteiger partial charge in [0.2, 0.25) is 11.8 Å². The molecule has 0 aliphatic carbocycles. The lowest BCUT2D eigenvalue weighted by atomic mass is 10.1. The number of rotatable bonds is 10. The van der Waals surface area contributed by atoms with Gasteiger partial charge in [-0.15, -0.1) is 11.8 Å². The predicted molar refractivity (Wildman–Crippen MR) is 116 cm³/mol. The number of hydrogen-bond donors (Lipinski definition) is 1. The zero-order chi connectivity index (χ0) is 20.4. The fourth-order valence-electron chi connectivity index (χ4n) is 2.79. The highest BCUT2D eigenvalue weighted by Crippen LogP contribution is 2.20. The van der Waals surface area contributed by atoms with Gasteiger partial charge in [-0.2, -0.15) is 0 Å². The summed E-state index contributed by atoms with van der Waals surface area (Å²) >= 11 is 1.67. The molecule has 150 valence electrons. The van der Waals surface area contributed by atoms with Crippen molar-refractivity contribution in [1.29, 1.82) is 0 Å². The second-order valence-corrected chi connectivity index (χ2v) is 8.05. The molecule has 2 aromatic carbocycles. The summed E-state index contributed by atoms with van der Waals surface area (Å²) < 4.78 is 0. The molecule has 0 spiro atoms. The number of carbonyl (C=O) groups is 2. The van der Waals surface area contributed by atoms with Crippen molar-refractivity contribution in [3.05, 3.63) is 65.7 Å². The van der Waals surface area contributed by atoms with Crippen LogP contribution in [0, 0.1) is 6.92 Å². The standard InChI is InChI=1S/C23H30N2O2S/c1-4-15-24-23(27)19(3)25(17-20-8-6-5-7-9-20)22(26)14-16-28-21-12-10-18(2)11-13-21/h5-13,19H,4,14-17H2,1-3H3,(H,24,27)/t19-/m0/s1. The van der Waals surface area contributed by atoms with E-state index in [0.717, 1.165) is 16.9 Å². The molecule has 0 bridgehead atoms. The first kappa shape index (κ1) is 22.0. The van der Waals surface area contributed by atoms with Crippen molar-refractivity contribution < 1.29 is 9.59 Å². The Hall–Kier alpha value is -2.27. The lowest BCUT2D eigenvalue weighted by Crippen LogP contribution is -2.47. The summed E-state index contributed by atoms with van der Waals surface area (Å²) in [6.07, 6.45) is 1.27. The molecule has 0 saturated heterocycles. The first-order valence-corrected chi connectivity index (χ1v) is 10.8. The molecule has 0 aliphatic heterocycles. The van der Waals surface area contributed by atoms with Crippen LogP contribution >= 0.6 is 11.8 Å². The van der Waals surface area contributed by atoms with Crippen LogP contribution in [0.15, 0.2) is 59.5 Å². The summed E-state index contributed by atoms with van der Waals surface area (Å²) in [5.41, 5.74) is 2.25. The van der Waals surface area contributed by atoms with E-state index in [2.05, 4.69) is 36.5 Å². The average Bonchev–Trinajstić information content (AvgIpc) is 2.71. The van der Waals surface area contributed by atoms with Gasteiger partial charge in [-0.05, 0) is 38.0 Å².